The SMILES string of the molecule is Cc1coc(C(=O)[C@@H](C)NC(=O)OC(C)(C)C)c1. The van der Waals surface area contributed by atoms with Crippen LogP contribution in [0, 0.1) is 6.92 Å². The first-order valence-electron chi connectivity index (χ1n) is 5.78. The van der Waals surface area contributed by atoms with Crippen molar-refractivity contribution in [1.29, 1.82) is 0 Å². The van der Waals surface area contributed by atoms with Crippen LogP contribution in [0.4, 0.5) is 4.79 Å². The van der Waals surface area contributed by atoms with E-state index in [-0.39, 0.29) is 11.5 Å². The molecule has 5 heteroatoms. The minimum atomic E-state index is -0.689. The molecule has 0 saturated carbocycles. The van der Waals surface area contributed by atoms with E-state index in [0.29, 0.717) is 0 Å². The van der Waals surface area contributed by atoms with E-state index in [2.05, 4.69) is 5.32 Å². The van der Waals surface area contributed by atoms with Crippen molar-refractivity contribution in [2.75, 3.05) is 0 Å². The predicted octanol–water partition coefficient (Wildman–Crippen LogP) is 2.68. The van der Waals surface area contributed by atoms with Crippen LogP contribution < -0.4 is 5.32 Å². The summed E-state index contributed by atoms with van der Waals surface area (Å²) in [6, 6.07) is 0.945. The maximum absolute atomic E-state index is 11.9. The number of amides is 1. The maximum atomic E-state index is 11.9. The summed E-state index contributed by atoms with van der Waals surface area (Å²) in [6.45, 7) is 8.69. The molecule has 1 atom stereocenters. The molecule has 18 heavy (non-hydrogen) atoms. The summed E-state index contributed by atoms with van der Waals surface area (Å²) >= 11 is 0. The van der Waals surface area contributed by atoms with Crippen LogP contribution in [-0.4, -0.2) is 23.5 Å². The van der Waals surface area contributed by atoms with Gasteiger partial charge in [-0.3, -0.25) is 4.79 Å². The molecule has 1 heterocycles. The highest BCUT2D eigenvalue weighted by Gasteiger charge is 2.23. The number of hydrogen-bond donors (Lipinski definition) is 1. The lowest BCUT2D eigenvalue weighted by molar-refractivity contribution is 0.0494. The van der Waals surface area contributed by atoms with Gasteiger partial charge in [-0.05, 0) is 46.2 Å². The van der Waals surface area contributed by atoms with Gasteiger partial charge in [0.15, 0.2) is 5.76 Å². The Hall–Kier alpha value is -1.78. The lowest BCUT2D eigenvalue weighted by atomic mass is 10.1. The quantitative estimate of drug-likeness (QED) is 0.841. The van der Waals surface area contributed by atoms with Crippen molar-refractivity contribution in [3.05, 3.63) is 23.7 Å². The van der Waals surface area contributed by atoms with Crippen LogP contribution in [0.15, 0.2) is 16.7 Å². The van der Waals surface area contributed by atoms with Gasteiger partial charge in [0.1, 0.15) is 5.60 Å². The number of ether oxygens (including phenoxy) is 1. The molecule has 0 bridgehead atoms. The van der Waals surface area contributed by atoms with Crippen molar-refractivity contribution in [1.82, 2.24) is 5.32 Å². The summed E-state index contributed by atoms with van der Waals surface area (Å²) in [4.78, 5) is 23.4. The van der Waals surface area contributed by atoms with Crippen LogP contribution in [0.2, 0.25) is 0 Å². The Morgan fingerprint density at radius 3 is 2.44 bits per heavy atom. The highest BCUT2D eigenvalue weighted by atomic mass is 16.6. The van der Waals surface area contributed by atoms with E-state index in [1.807, 2.05) is 6.92 Å². The molecule has 0 aliphatic heterocycles. The average Bonchev–Trinajstić information content (AvgIpc) is 2.60. The van der Waals surface area contributed by atoms with E-state index < -0.39 is 17.7 Å². The molecular formula is C13H19NO4. The Morgan fingerprint density at radius 1 is 1.39 bits per heavy atom. The third-order valence-corrected chi connectivity index (χ3v) is 2.10. The molecule has 0 fully saturated rings. The van der Waals surface area contributed by atoms with E-state index >= 15 is 0 Å². The molecule has 0 aromatic carbocycles. The van der Waals surface area contributed by atoms with E-state index in [0.717, 1.165) is 5.56 Å². The molecular weight excluding hydrogens is 234 g/mol. The molecule has 100 valence electrons. The van der Waals surface area contributed by atoms with Gasteiger partial charge in [-0.15, -0.1) is 0 Å². The molecule has 0 aliphatic rings. The Labute approximate surface area is 106 Å². The second-order valence-electron chi connectivity index (χ2n) is 5.22. The summed E-state index contributed by atoms with van der Waals surface area (Å²) in [5, 5.41) is 2.47. The maximum Gasteiger partial charge on any atom is 0.408 e. The Kier molecular flexibility index (Phi) is 4.16. The molecule has 1 amide bonds. The van der Waals surface area contributed by atoms with E-state index in [9.17, 15) is 9.59 Å². The molecule has 5 nitrogen and oxygen atoms in total. The number of nitrogens with one attached hydrogen (secondary N) is 1. The standard InChI is InChI=1S/C13H19NO4/c1-8-6-10(17-7-8)11(15)9(2)14-12(16)18-13(3,4)5/h6-7,9H,1-5H3,(H,14,16)/t9-/m1/s1. The second kappa shape index (κ2) is 5.25. The summed E-state index contributed by atoms with van der Waals surface area (Å²) in [6.07, 6.45) is 0.875. The van der Waals surface area contributed by atoms with Gasteiger partial charge in [0.05, 0.1) is 12.3 Å². The Balaban J connectivity index is 2.58. The van der Waals surface area contributed by atoms with Crippen molar-refractivity contribution in [3.63, 3.8) is 0 Å². The molecule has 0 radical (unpaired) electrons. The van der Waals surface area contributed by atoms with E-state index in [1.54, 1.807) is 33.8 Å². The van der Waals surface area contributed by atoms with Crippen molar-refractivity contribution >= 4 is 11.9 Å². The van der Waals surface area contributed by atoms with Gasteiger partial charge in [0.25, 0.3) is 0 Å². The average molecular weight is 253 g/mol. The summed E-state index contributed by atoms with van der Waals surface area (Å²) < 4.78 is 10.2. The monoisotopic (exact) mass is 253 g/mol. The van der Waals surface area contributed by atoms with Crippen LogP contribution in [-0.2, 0) is 4.74 Å². The van der Waals surface area contributed by atoms with Gasteiger partial charge in [0, 0.05) is 0 Å². The van der Waals surface area contributed by atoms with Crippen LogP contribution in [0.25, 0.3) is 0 Å². The van der Waals surface area contributed by atoms with Gasteiger partial charge >= 0.3 is 6.09 Å². The molecule has 0 aliphatic carbocycles. The second-order valence-corrected chi connectivity index (χ2v) is 5.22. The summed E-state index contributed by atoms with van der Waals surface area (Å²) in [5.41, 5.74) is 0.275. The number of Topliss-reactive ketones (excluding diaryl/α,β-unsaturated/α-hetero) is 1. The van der Waals surface area contributed by atoms with Crippen LogP contribution in [0.1, 0.15) is 43.8 Å². The zero-order chi connectivity index (χ0) is 13.9. The zero-order valence-electron chi connectivity index (χ0n) is 11.4. The topological polar surface area (TPSA) is 68.5 Å². The molecule has 1 aromatic rings. The predicted molar refractivity (Wildman–Crippen MR) is 66.6 cm³/mol. The summed E-state index contributed by atoms with van der Waals surface area (Å²) in [5.74, 6) is -0.0509. The molecule has 1 rings (SSSR count). The summed E-state index contributed by atoms with van der Waals surface area (Å²) in [7, 11) is 0. The van der Waals surface area contributed by atoms with Crippen molar-refractivity contribution in [3.8, 4) is 0 Å². The largest absolute Gasteiger partial charge is 0.461 e. The van der Waals surface area contributed by atoms with Gasteiger partial charge in [-0.25, -0.2) is 4.79 Å². The van der Waals surface area contributed by atoms with Crippen LogP contribution >= 0.6 is 0 Å². The Bertz CT molecular complexity index is 442. The van der Waals surface area contributed by atoms with Gasteiger partial charge in [-0.1, -0.05) is 0 Å². The molecule has 0 saturated heterocycles. The number of aryl methyl sites for hydroxylation is 1. The number of furan rings is 1. The zero-order valence-corrected chi connectivity index (χ0v) is 11.4. The normalized spacial score (nSPS) is 12.9. The van der Waals surface area contributed by atoms with E-state index in [4.69, 9.17) is 9.15 Å². The van der Waals surface area contributed by atoms with Gasteiger partial charge < -0.3 is 14.5 Å². The minimum absolute atomic E-state index is 0.232. The molecule has 0 unspecified atom stereocenters. The third-order valence-electron chi connectivity index (χ3n) is 2.10. The van der Waals surface area contributed by atoms with Crippen molar-refractivity contribution in [2.24, 2.45) is 0 Å². The highest BCUT2D eigenvalue weighted by Crippen LogP contribution is 2.10. The van der Waals surface area contributed by atoms with Gasteiger partial charge in [0.2, 0.25) is 5.78 Å². The molecule has 1 aromatic heterocycles. The third kappa shape index (κ3) is 4.24. The van der Waals surface area contributed by atoms with Gasteiger partial charge in [-0.2, -0.15) is 0 Å². The van der Waals surface area contributed by atoms with Crippen LogP contribution in [0.3, 0.4) is 0 Å². The van der Waals surface area contributed by atoms with Crippen molar-refractivity contribution in [2.45, 2.75) is 46.3 Å². The van der Waals surface area contributed by atoms with Crippen molar-refractivity contribution < 1.29 is 18.7 Å². The first-order valence-corrected chi connectivity index (χ1v) is 5.78. The minimum Gasteiger partial charge on any atom is -0.461 e. The lowest BCUT2D eigenvalue weighted by Crippen LogP contribution is -2.41. The highest BCUT2D eigenvalue weighted by molar-refractivity contribution is 5.99. The number of rotatable bonds is 3. The fraction of sp³-hybridized carbons (Fsp3) is 0.538. The number of carbonyl (C=O) groups excluding carboxylic acids is 2. The lowest BCUT2D eigenvalue weighted by Gasteiger charge is -2.21. The first kappa shape index (κ1) is 14.3. The number of hydrogen-bond acceptors (Lipinski definition) is 4. The first-order chi connectivity index (χ1) is 8.19. The van der Waals surface area contributed by atoms with Crippen LogP contribution in [0.5, 0.6) is 0 Å². The fourth-order valence-corrected chi connectivity index (χ4v) is 1.32. The smallest absolute Gasteiger partial charge is 0.408 e. The number of ketones is 1. The fourth-order valence-electron chi connectivity index (χ4n) is 1.32. The number of alkyl carbamates (subject to hydrolysis) is 1. The molecule has 1 N–H and O–H groups in total. The molecule has 0 spiro atoms. The Morgan fingerprint density at radius 2 is 2.00 bits per heavy atom. The van der Waals surface area contributed by atoms with E-state index in [1.165, 1.54) is 6.26 Å². The number of carbonyl (C=O) groups is 2.